The van der Waals surface area contributed by atoms with Crippen molar-refractivity contribution in [2.45, 2.75) is 20.0 Å². The van der Waals surface area contributed by atoms with E-state index in [2.05, 4.69) is 5.32 Å². The molecule has 0 fully saturated rings. The van der Waals surface area contributed by atoms with Crippen molar-refractivity contribution in [3.63, 3.8) is 0 Å². The Bertz CT molecular complexity index is 1280. The van der Waals surface area contributed by atoms with Crippen molar-refractivity contribution in [1.29, 1.82) is 5.26 Å². The third kappa shape index (κ3) is 6.24. The summed E-state index contributed by atoms with van der Waals surface area (Å²) in [6.07, 6.45) is 2.19. The Kier molecular flexibility index (Phi) is 8.84. The molecule has 34 heavy (non-hydrogen) atoms. The highest BCUT2D eigenvalue weighted by Crippen LogP contribution is 2.38. The van der Waals surface area contributed by atoms with E-state index in [4.69, 9.17) is 44.3 Å². The molecule has 0 heterocycles. The van der Waals surface area contributed by atoms with E-state index in [1.54, 1.807) is 36.4 Å². The highest BCUT2D eigenvalue weighted by atomic mass is 35.5. The number of rotatable bonds is 8. The lowest BCUT2D eigenvalue weighted by molar-refractivity contribution is -0.112. The molecule has 0 saturated carbocycles. The minimum Gasteiger partial charge on any atom is -0.493 e. The molecule has 0 unspecified atom stereocenters. The van der Waals surface area contributed by atoms with E-state index in [0.717, 1.165) is 17.5 Å². The number of para-hydroxylation sites is 1. The molecular formula is C26H21Cl3N2O3. The van der Waals surface area contributed by atoms with Crippen LogP contribution in [0.4, 0.5) is 5.69 Å². The minimum absolute atomic E-state index is 0.0781. The maximum absolute atomic E-state index is 12.7. The number of carbonyl (C=O) groups excluding carboxylic acids is 1. The summed E-state index contributed by atoms with van der Waals surface area (Å²) in [6, 6.07) is 17.7. The van der Waals surface area contributed by atoms with Gasteiger partial charge in [0.1, 0.15) is 18.2 Å². The van der Waals surface area contributed by atoms with Gasteiger partial charge in [-0.15, -0.1) is 0 Å². The number of hydrogen-bond acceptors (Lipinski definition) is 4. The smallest absolute Gasteiger partial charge is 0.266 e. The molecule has 3 rings (SSSR count). The van der Waals surface area contributed by atoms with Gasteiger partial charge in [0.2, 0.25) is 0 Å². The predicted molar refractivity (Wildman–Crippen MR) is 137 cm³/mol. The first-order chi connectivity index (χ1) is 16.4. The van der Waals surface area contributed by atoms with Crippen molar-refractivity contribution in [2.75, 3.05) is 12.4 Å². The van der Waals surface area contributed by atoms with Gasteiger partial charge in [-0.05, 0) is 54.0 Å². The molecule has 0 aliphatic carbocycles. The fourth-order valence-electron chi connectivity index (χ4n) is 3.21. The number of amides is 1. The zero-order chi connectivity index (χ0) is 24.7. The van der Waals surface area contributed by atoms with Crippen LogP contribution in [0.25, 0.3) is 6.08 Å². The minimum atomic E-state index is -0.517. The van der Waals surface area contributed by atoms with Crippen LogP contribution >= 0.6 is 34.8 Å². The van der Waals surface area contributed by atoms with Crippen molar-refractivity contribution in [3.8, 4) is 17.6 Å². The Labute approximate surface area is 213 Å². The molecule has 0 aliphatic heterocycles. The largest absolute Gasteiger partial charge is 0.493 e. The van der Waals surface area contributed by atoms with E-state index < -0.39 is 5.91 Å². The van der Waals surface area contributed by atoms with Gasteiger partial charge >= 0.3 is 0 Å². The van der Waals surface area contributed by atoms with Crippen LogP contribution in [-0.2, 0) is 17.8 Å². The molecule has 0 aromatic heterocycles. The van der Waals surface area contributed by atoms with Crippen molar-refractivity contribution in [1.82, 2.24) is 0 Å². The van der Waals surface area contributed by atoms with Crippen LogP contribution < -0.4 is 14.8 Å². The first kappa shape index (κ1) is 25.5. The SMILES string of the molecule is CCc1ccccc1NC(=O)/C(C#N)=C/c1cc(Cl)c(OCc2ccc(Cl)cc2Cl)c(OC)c1. The standard InChI is InChI=1S/C26H21Cl3N2O3/c1-3-17-6-4-5-7-23(17)31-26(32)19(14-30)10-16-11-22(29)25(24(12-16)33-2)34-15-18-8-9-20(27)13-21(18)28/h4-13H,3,15H2,1-2H3,(H,31,32)/b19-10+. The Balaban J connectivity index is 1.84. The molecule has 0 spiro atoms. The molecule has 0 atom stereocenters. The normalized spacial score (nSPS) is 11.0. The summed E-state index contributed by atoms with van der Waals surface area (Å²) in [5, 5.41) is 13.6. The fourth-order valence-corrected chi connectivity index (χ4v) is 3.94. The maximum atomic E-state index is 12.7. The molecule has 0 saturated heterocycles. The fraction of sp³-hybridized carbons (Fsp3) is 0.154. The summed E-state index contributed by atoms with van der Waals surface area (Å²) < 4.78 is 11.3. The Morgan fingerprint density at radius 2 is 1.82 bits per heavy atom. The second kappa shape index (κ2) is 11.8. The van der Waals surface area contributed by atoms with Crippen LogP contribution in [0.15, 0.2) is 60.2 Å². The third-order valence-corrected chi connectivity index (χ3v) is 5.83. The summed E-state index contributed by atoms with van der Waals surface area (Å²) in [5.74, 6) is 0.140. The number of methoxy groups -OCH3 is 1. The van der Waals surface area contributed by atoms with E-state index in [0.29, 0.717) is 32.8 Å². The van der Waals surface area contributed by atoms with Crippen molar-refractivity contribution in [2.24, 2.45) is 0 Å². The molecule has 3 aromatic carbocycles. The summed E-state index contributed by atoms with van der Waals surface area (Å²) in [6.45, 7) is 2.13. The van der Waals surface area contributed by atoms with Crippen LogP contribution in [0.5, 0.6) is 11.5 Å². The highest BCUT2D eigenvalue weighted by Gasteiger charge is 2.16. The number of nitrogens with one attached hydrogen (secondary N) is 1. The van der Waals surface area contributed by atoms with E-state index in [-0.39, 0.29) is 17.2 Å². The van der Waals surface area contributed by atoms with Crippen LogP contribution in [0, 0.1) is 11.3 Å². The molecule has 5 nitrogen and oxygen atoms in total. The zero-order valence-corrected chi connectivity index (χ0v) is 20.8. The Morgan fingerprint density at radius 1 is 1.06 bits per heavy atom. The molecule has 174 valence electrons. The summed E-state index contributed by atoms with van der Waals surface area (Å²) in [7, 11) is 1.47. The second-order valence-corrected chi connectivity index (χ2v) is 8.44. The lowest BCUT2D eigenvalue weighted by Crippen LogP contribution is -2.14. The third-order valence-electron chi connectivity index (χ3n) is 4.96. The number of benzene rings is 3. The predicted octanol–water partition coefficient (Wildman–Crippen LogP) is 7.34. The molecule has 1 N–H and O–H groups in total. The van der Waals surface area contributed by atoms with Gasteiger partial charge in [0.15, 0.2) is 11.5 Å². The van der Waals surface area contributed by atoms with E-state index in [1.165, 1.54) is 13.2 Å². The molecule has 0 bridgehead atoms. The summed E-state index contributed by atoms with van der Waals surface area (Å²) >= 11 is 18.6. The van der Waals surface area contributed by atoms with Crippen LogP contribution in [0.3, 0.4) is 0 Å². The van der Waals surface area contributed by atoms with Gasteiger partial charge < -0.3 is 14.8 Å². The summed E-state index contributed by atoms with van der Waals surface area (Å²) in [5.41, 5.74) is 2.79. The van der Waals surface area contributed by atoms with Gasteiger partial charge in [-0.2, -0.15) is 5.26 Å². The van der Waals surface area contributed by atoms with E-state index in [9.17, 15) is 10.1 Å². The maximum Gasteiger partial charge on any atom is 0.266 e. The van der Waals surface area contributed by atoms with Crippen molar-refractivity contribution in [3.05, 3.63) is 91.9 Å². The van der Waals surface area contributed by atoms with E-state index in [1.807, 2.05) is 31.2 Å². The average Bonchev–Trinajstić information content (AvgIpc) is 2.82. The van der Waals surface area contributed by atoms with Crippen LogP contribution in [0.1, 0.15) is 23.6 Å². The second-order valence-electron chi connectivity index (χ2n) is 7.19. The highest BCUT2D eigenvalue weighted by molar-refractivity contribution is 6.35. The van der Waals surface area contributed by atoms with E-state index >= 15 is 0 Å². The first-order valence-electron chi connectivity index (χ1n) is 10.3. The number of halogens is 3. The lowest BCUT2D eigenvalue weighted by Gasteiger charge is -2.14. The van der Waals surface area contributed by atoms with Crippen molar-refractivity contribution < 1.29 is 14.3 Å². The Hall–Kier alpha value is -3.17. The molecule has 0 radical (unpaired) electrons. The average molecular weight is 516 g/mol. The number of anilines is 1. The summed E-state index contributed by atoms with van der Waals surface area (Å²) in [4.78, 5) is 12.7. The number of carbonyl (C=O) groups is 1. The van der Waals surface area contributed by atoms with Gasteiger partial charge in [0.05, 0.1) is 12.1 Å². The topological polar surface area (TPSA) is 71.4 Å². The number of nitriles is 1. The van der Waals surface area contributed by atoms with Gasteiger partial charge in [-0.3, -0.25) is 4.79 Å². The van der Waals surface area contributed by atoms with Crippen LogP contribution in [0.2, 0.25) is 15.1 Å². The van der Waals surface area contributed by atoms with Gasteiger partial charge in [0.25, 0.3) is 5.91 Å². The monoisotopic (exact) mass is 514 g/mol. The number of hydrogen-bond donors (Lipinski definition) is 1. The van der Waals surface area contributed by atoms with Crippen molar-refractivity contribution >= 4 is 52.5 Å². The zero-order valence-electron chi connectivity index (χ0n) is 18.5. The molecular weight excluding hydrogens is 495 g/mol. The number of ether oxygens (including phenoxy) is 2. The first-order valence-corrected chi connectivity index (χ1v) is 11.4. The van der Waals surface area contributed by atoms with Gasteiger partial charge in [-0.25, -0.2) is 0 Å². The molecule has 8 heteroatoms. The van der Waals surface area contributed by atoms with Crippen LogP contribution in [-0.4, -0.2) is 13.0 Å². The van der Waals surface area contributed by atoms with Gasteiger partial charge in [-0.1, -0.05) is 66.0 Å². The molecule has 0 aliphatic rings. The molecule has 1 amide bonds. The Morgan fingerprint density at radius 3 is 2.50 bits per heavy atom. The molecule has 3 aromatic rings. The number of aryl methyl sites for hydroxylation is 1. The quantitative estimate of drug-likeness (QED) is 0.252. The number of nitrogens with zero attached hydrogens (tertiary/aromatic N) is 1. The lowest BCUT2D eigenvalue weighted by atomic mass is 10.1. The van der Waals surface area contributed by atoms with Gasteiger partial charge in [0, 0.05) is 21.3 Å².